The summed E-state index contributed by atoms with van der Waals surface area (Å²) in [4.78, 5) is 10.5. The normalized spacial score (nSPS) is 13.8. The fourth-order valence-electron chi connectivity index (χ4n) is 1.46. The minimum absolute atomic E-state index is 0.0848. The van der Waals surface area contributed by atoms with Gasteiger partial charge >= 0.3 is 13.6 Å². The van der Waals surface area contributed by atoms with Crippen LogP contribution in [0.15, 0.2) is 0 Å². The van der Waals surface area contributed by atoms with Crippen molar-refractivity contribution in [2.45, 2.75) is 52.4 Å². The Balaban J connectivity index is 3.90. The van der Waals surface area contributed by atoms with E-state index in [1.807, 2.05) is 0 Å². The Morgan fingerprint density at radius 3 is 2.18 bits per heavy atom. The predicted octanol–water partition coefficient (Wildman–Crippen LogP) is 2.54. The van der Waals surface area contributed by atoms with Crippen LogP contribution in [0.3, 0.4) is 0 Å². The van der Waals surface area contributed by atoms with Gasteiger partial charge in [-0.15, -0.1) is 0 Å². The molecule has 0 aromatic rings. The molecule has 7 nitrogen and oxygen atoms in total. The number of nitrogens with two attached hydrogens (primary N) is 1. The molecule has 0 amide bonds. The molecule has 0 spiro atoms. The van der Waals surface area contributed by atoms with Gasteiger partial charge in [0, 0.05) is 5.75 Å². The SMILES string of the molecule is CC(C)OP(=O)(COCCSCCC(N)C(=O)O)OC(C)C. The Morgan fingerprint density at radius 2 is 1.73 bits per heavy atom. The van der Waals surface area contributed by atoms with Gasteiger partial charge in [0.2, 0.25) is 0 Å². The number of carboxylic acid groups (broad SMARTS) is 1. The number of rotatable bonds is 13. The maximum Gasteiger partial charge on any atom is 0.356 e. The molecule has 0 bridgehead atoms. The topological polar surface area (TPSA) is 108 Å². The standard InChI is InChI=1S/C13H28NO6PS/c1-10(2)19-21(17,20-11(3)4)9-18-6-8-22-7-5-12(14)13(15)16/h10-12H,5-9,14H2,1-4H3,(H,15,16). The van der Waals surface area contributed by atoms with E-state index in [9.17, 15) is 9.36 Å². The number of thioether (sulfide) groups is 1. The highest BCUT2D eigenvalue weighted by molar-refractivity contribution is 7.99. The van der Waals surface area contributed by atoms with Crippen LogP contribution in [-0.2, 0) is 23.1 Å². The van der Waals surface area contributed by atoms with Crippen LogP contribution in [0.1, 0.15) is 34.1 Å². The van der Waals surface area contributed by atoms with Gasteiger partial charge in [0.1, 0.15) is 12.4 Å². The van der Waals surface area contributed by atoms with E-state index in [4.69, 9.17) is 24.6 Å². The van der Waals surface area contributed by atoms with Gasteiger partial charge in [-0.05, 0) is 39.9 Å². The summed E-state index contributed by atoms with van der Waals surface area (Å²) in [7, 11) is -3.25. The van der Waals surface area contributed by atoms with Gasteiger partial charge in [0.05, 0.1) is 18.8 Å². The smallest absolute Gasteiger partial charge is 0.356 e. The van der Waals surface area contributed by atoms with Gasteiger partial charge in [0.15, 0.2) is 0 Å². The van der Waals surface area contributed by atoms with Crippen molar-refractivity contribution in [3.63, 3.8) is 0 Å². The van der Waals surface area contributed by atoms with E-state index in [2.05, 4.69) is 0 Å². The summed E-state index contributed by atoms with van der Waals surface area (Å²) < 4.78 is 28.5. The van der Waals surface area contributed by atoms with Gasteiger partial charge in [0.25, 0.3) is 0 Å². The summed E-state index contributed by atoms with van der Waals surface area (Å²) >= 11 is 1.54. The molecule has 0 aromatic carbocycles. The lowest BCUT2D eigenvalue weighted by Crippen LogP contribution is -2.30. The first-order valence-electron chi connectivity index (χ1n) is 7.26. The first kappa shape index (κ1) is 21.9. The molecule has 1 unspecified atom stereocenters. The number of carbonyl (C=O) groups is 1. The highest BCUT2D eigenvalue weighted by atomic mass is 32.2. The van der Waals surface area contributed by atoms with Crippen LogP contribution in [0.2, 0.25) is 0 Å². The van der Waals surface area contributed by atoms with Crippen LogP contribution in [0, 0.1) is 0 Å². The Hall–Kier alpha value is -0.110. The molecule has 0 aliphatic heterocycles. The van der Waals surface area contributed by atoms with Crippen molar-refractivity contribution in [2.75, 3.05) is 24.5 Å². The summed E-state index contributed by atoms with van der Waals surface area (Å²) in [6, 6.07) is -0.826. The van der Waals surface area contributed by atoms with E-state index in [1.54, 1.807) is 27.7 Å². The average Bonchev–Trinajstić information content (AvgIpc) is 2.34. The van der Waals surface area contributed by atoms with Gasteiger partial charge in [-0.25, -0.2) is 0 Å². The van der Waals surface area contributed by atoms with Gasteiger partial charge in [-0.3, -0.25) is 9.36 Å². The first-order valence-corrected chi connectivity index (χ1v) is 10.1. The lowest BCUT2D eigenvalue weighted by atomic mass is 10.2. The Bertz CT molecular complexity index is 352. The minimum atomic E-state index is -3.25. The van der Waals surface area contributed by atoms with E-state index in [1.165, 1.54) is 11.8 Å². The molecule has 132 valence electrons. The van der Waals surface area contributed by atoms with Crippen LogP contribution in [0.5, 0.6) is 0 Å². The van der Waals surface area contributed by atoms with Crippen molar-refractivity contribution in [3.05, 3.63) is 0 Å². The molecule has 22 heavy (non-hydrogen) atoms. The van der Waals surface area contributed by atoms with Crippen LogP contribution in [0.25, 0.3) is 0 Å². The van der Waals surface area contributed by atoms with E-state index < -0.39 is 19.6 Å². The second-order valence-electron chi connectivity index (χ2n) is 5.30. The number of hydrogen-bond donors (Lipinski definition) is 2. The van der Waals surface area contributed by atoms with Crippen LogP contribution >= 0.6 is 19.4 Å². The summed E-state index contributed by atoms with van der Waals surface area (Å²) in [5, 5.41) is 8.64. The molecule has 0 saturated heterocycles. The summed E-state index contributed by atoms with van der Waals surface area (Å²) in [5.74, 6) is 0.310. The summed E-state index contributed by atoms with van der Waals surface area (Å²) in [5.41, 5.74) is 5.39. The predicted molar refractivity (Wildman–Crippen MR) is 88.4 cm³/mol. The molecule has 3 N–H and O–H groups in total. The van der Waals surface area contributed by atoms with Gasteiger partial charge in [-0.2, -0.15) is 11.8 Å². The molecule has 1 atom stereocenters. The van der Waals surface area contributed by atoms with E-state index >= 15 is 0 Å². The van der Waals surface area contributed by atoms with Crippen LogP contribution in [0.4, 0.5) is 0 Å². The third-order valence-electron chi connectivity index (χ3n) is 2.25. The molecule has 9 heteroatoms. The van der Waals surface area contributed by atoms with Gasteiger partial charge in [-0.1, -0.05) is 0 Å². The highest BCUT2D eigenvalue weighted by Crippen LogP contribution is 2.50. The fourth-order valence-corrected chi connectivity index (χ4v) is 4.13. The Morgan fingerprint density at radius 1 is 1.18 bits per heavy atom. The molecule has 0 aliphatic carbocycles. The van der Waals surface area contributed by atoms with Crippen molar-refractivity contribution in [2.24, 2.45) is 5.73 Å². The Labute approximate surface area is 136 Å². The lowest BCUT2D eigenvalue weighted by Gasteiger charge is -2.22. The molecule has 0 aromatic heterocycles. The number of ether oxygens (including phenoxy) is 1. The molecule has 0 rings (SSSR count). The second-order valence-corrected chi connectivity index (χ2v) is 8.43. The summed E-state index contributed by atoms with van der Waals surface area (Å²) in [6.07, 6.45) is -0.0932. The lowest BCUT2D eigenvalue weighted by molar-refractivity contribution is -0.138. The zero-order valence-corrected chi connectivity index (χ0v) is 15.4. The number of aliphatic carboxylic acids is 1. The van der Waals surface area contributed by atoms with Crippen molar-refractivity contribution in [3.8, 4) is 0 Å². The van der Waals surface area contributed by atoms with E-state index in [-0.39, 0.29) is 18.6 Å². The zero-order chi connectivity index (χ0) is 17.2. The minimum Gasteiger partial charge on any atom is -0.480 e. The maximum absolute atomic E-state index is 12.4. The van der Waals surface area contributed by atoms with Crippen molar-refractivity contribution in [1.82, 2.24) is 0 Å². The van der Waals surface area contributed by atoms with E-state index in [0.29, 0.717) is 24.5 Å². The average molecular weight is 357 g/mol. The number of hydrogen-bond acceptors (Lipinski definition) is 7. The largest absolute Gasteiger partial charge is 0.480 e. The van der Waals surface area contributed by atoms with Crippen molar-refractivity contribution < 1.29 is 28.3 Å². The third-order valence-corrected chi connectivity index (χ3v) is 5.22. The molecule has 0 aliphatic rings. The Kier molecular flexibility index (Phi) is 11.4. The zero-order valence-electron chi connectivity index (χ0n) is 13.7. The highest BCUT2D eigenvalue weighted by Gasteiger charge is 2.27. The molecular weight excluding hydrogens is 329 g/mol. The van der Waals surface area contributed by atoms with E-state index in [0.717, 1.165) is 0 Å². The molecular formula is C13H28NO6PS. The quantitative estimate of drug-likeness (QED) is 0.382. The molecule has 0 radical (unpaired) electrons. The summed E-state index contributed by atoms with van der Waals surface area (Å²) in [6.45, 7) is 7.55. The van der Waals surface area contributed by atoms with Crippen LogP contribution in [-0.4, -0.2) is 53.8 Å². The van der Waals surface area contributed by atoms with Gasteiger partial charge < -0.3 is 24.6 Å². The second kappa shape index (κ2) is 11.4. The molecule has 0 heterocycles. The number of carboxylic acids is 1. The molecule has 0 fully saturated rings. The molecule has 0 saturated carbocycles. The first-order chi connectivity index (χ1) is 10.2. The maximum atomic E-state index is 12.4. The fraction of sp³-hybridized carbons (Fsp3) is 0.923. The monoisotopic (exact) mass is 357 g/mol. The third kappa shape index (κ3) is 11.5. The van der Waals surface area contributed by atoms with Crippen molar-refractivity contribution in [1.29, 1.82) is 0 Å². The van der Waals surface area contributed by atoms with Crippen molar-refractivity contribution >= 4 is 25.3 Å². The van der Waals surface area contributed by atoms with Crippen LogP contribution < -0.4 is 5.73 Å².